The van der Waals surface area contributed by atoms with Crippen molar-refractivity contribution in [3.63, 3.8) is 0 Å². The summed E-state index contributed by atoms with van der Waals surface area (Å²) in [6.07, 6.45) is 0.957. The molecule has 1 aliphatic rings. The van der Waals surface area contributed by atoms with E-state index in [2.05, 4.69) is 10.6 Å². The summed E-state index contributed by atoms with van der Waals surface area (Å²) in [6.45, 7) is 2.83. The minimum Gasteiger partial charge on any atom is -0.478 e. The standard InChI is InChI=1S/C13H16N2O3/c1-8-6-7-14-11(8)12(16)15-10-5-3-2-4-9(10)13(17)18/h2-5,8,11,14H,6-7H2,1H3,(H,15,16)(H,17,18). The first-order valence-electron chi connectivity index (χ1n) is 5.96. The highest BCUT2D eigenvalue weighted by Gasteiger charge is 2.29. The van der Waals surface area contributed by atoms with Crippen molar-refractivity contribution in [1.29, 1.82) is 0 Å². The van der Waals surface area contributed by atoms with E-state index < -0.39 is 5.97 Å². The van der Waals surface area contributed by atoms with Gasteiger partial charge in [-0.05, 0) is 31.0 Å². The topological polar surface area (TPSA) is 78.4 Å². The zero-order chi connectivity index (χ0) is 13.1. The molecule has 1 heterocycles. The number of nitrogens with one attached hydrogen (secondary N) is 2. The summed E-state index contributed by atoms with van der Waals surface area (Å²) in [4.78, 5) is 23.1. The number of hydrogen-bond donors (Lipinski definition) is 3. The Morgan fingerprint density at radius 1 is 1.39 bits per heavy atom. The molecule has 0 radical (unpaired) electrons. The third kappa shape index (κ3) is 2.51. The van der Waals surface area contributed by atoms with Gasteiger partial charge in [0.15, 0.2) is 0 Å². The summed E-state index contributed by atoms with van der Waals surface area (Å²) in [5.74, 6) is -0.950. The quantitative estimate of drug-likeness (QED) is 0.754. The molecule has 18 heavy (non-hydrogen) atoms. The van der Waals surface area contributed by atoms with E-state index >= 15 is 0 Å². The smallest absolute Gasteiger partial charge is 0.337 e. The number of rotatable bonds is 3. The lowest BCUT2D eigenvalue weighted by Crippen LogP contribution is -2.39. The van der Waals surface area contributed by atoms with E-state index in [-0.39, 0.29) is 23.4 Å². The second-order valence-corrected chi connectivity index (χ2v) is 4.54. The Balaban J connectivity index is 2.14. The average Bonchev–Trinajstić information content (AvgIpc) is 2.76. The second-order valence-electron chi connectivity index (χ2n) is 4.54. The SMILES string of the molecule is CC1CCNC1C(=O)Nc1ccccc1C(=O)O. The highest BCUT2D eigenvalue weighted by atomic mass is 16.4. The highest BCUT2D eigenvalue weighted by molar-refractivity contribution is 6.02. The lowest BCUT2D eigenvalue weighted by molar-refractivity contribution is -0.118. The Morgan fingerprint density at radius 3 is 2.72 bits per heavy atom. The van der Waals surface area contributed by atoms with E-state index in [1.54, 1.807) is 18.2 Å². The third-order valence-corrected chi connectivity index (χ3v) is 3.23. The molecule has 96 valence electrons. The van der Waals surface area contributed by atoms with E-state index in [9.17, 15) is 9.59 Å². The maximum atomic E-state index is 12.0. The molecule has 3 N–H and O–H groups in total. The molecule has 5 nitrogen and oxygen atoms in total. The maximum Gasteiger partial charge on any atom is 0.337 e. The van der Waals surface area contributed by atoms with Crippen molar-refractivity contribution in [2.75, 3.05) is 11.9 Å². The fraction of sp³-hybridized carbons (Fsp3) is 0.385. The van der Waals surface area contributed by atoms with E-state index in [0.717, 1.165) is 13.0 Å². The summed E-state index contributed by atoms with van der Waals surface area (Å²) in [5, 5.41) is 14.8. The van der Waals surface area contributed by atoms with Crippen molar-refractivity contribution in [3.8, 4) is 0 Å². The van der Waals surface area contributed by atoms with Crippen LogP contribution in [0.4, 0.5) is 5.69 Å². The summed E-state index contributed by atoms with van der Waals surface area (Å²) in [7, 11) is 0. The summed E-state index contributed by atoms with van der Waals surface area (Å²) in [5.41, 5.74) is 0.451. The Kier molecular flexibility index (Phi) is 3.62. The van der Waals surface area contributed by atoms with Crippen molar-refractivity contribution in [3.05, 3.63) is 29.8 Å². The van der Waals surface area contributed by atoms with Crippen LogP contribution in [0, 0.1) is 5.92 Å². The minimum atomic E-state index is -1.04. The first-order valence-corrected chi connectivity index (χ1v) is 5.96. The number of carbonyl (C=O) groups excluding carboxylic acids is 1. The van der Waals surface area contributed by atoms with Crippen molar-refractivity contribution in [1.82, 2.24) is 5.32 Å². The summed E-state index contributed by atoms with van der Waals surface area (Å²) < 4.78 is 0. The number of benzene rings is 1. The van der Waals surface area contributed by atoms with Gasteiger partial charge in [0.25, 0.3) is 0 Å². The molecule has 1 amide bonds. The fourth-order valence-electron chi connectivity index (χ4n) is 2.17. The zero-order valence-electron chi connectivity index (χ0n) is 10.1. The van der Waals surface area contributed by atoms with Crippen LogP contribution in [0.2, 0.25) is 0 Å². The van der Waals surface area contributed by atoms with E-state index in [4.69, 9.17) is 5.11 Å². The Bertz CT molecular complexity index is 473. The molecule has 2 atom stereocenters. The fourth-order valence-corrected chi connectivity index (χ4v) is 2.17. The molecule has 1 saturated heterocycles. The van der Waals surface area contributed by atoms with Gasteiger partial charge in [0, 0.05) is 0 Å². The lowest BCUT2D eigenvalue weighted by atomic mass is 10.0. The number of carboxylic acid groups (broad SMARTS) is 1. The average molecular weight is 248 g/mol. The van der Waals surface area contributed by atoms with Gasteiger partial charge in [0.1, 0.15) is 0 Å². The normalized spacial score (nSPS) is 22.7. The number of para-hydroxylation sites is 1. The van der Waals surface area contributed by atoms with Crippen molar-refractivity contribution >= 4 is 17.6 Å². The van der Waals surface area contributed by atoms with Crippen LogP contribution < -0.4 is 10.6 Å². The zero-order valence-corrected chi connectivity index (χ0v) is 10.1. The van der Waals surface area contributed by atoms with Crippen molar-refractivity contribution < 1.29 is 14.7 Å². The molecule has 1 aromatic rings. The largest absolute Gasteiger partial charge is 0.478 e. The molecule has 0 saturated carbocycles. The molecule has 0 aromatic heterocycles. The first-order chi connectivity index (χ1) is 8.59. The van der Waals surface area contributed by atoms with Crippen molar-refractivity contribution in [2.45, 2.75) is 19.4 Å². The van der Waals surface area contributed by atoms with Crippen LogP contribution in [0.1, 0.15) is 23.7 Å². The molecule has 0 spiro atoms. The Labute approximate surface area is 105 Å². The summed E-state index contributed by atoms with van der Waals surface area (Å²) >= 11 is 0. The molecule has 1 aromatic carbocycles. The summed E-state index contributed by atoms with van der Waals surface area (Å²) in [6, 6.07) is 6.17. The molecular formula is C13H16N2O3. The Morgan fingerprint density at radius 2 is 2.11 bits per heavy atom. The Hall–Kier alpha value is -1.88. The van der Waals surface area contributed by atoms with Crippen molar-refractivity contribution in [2.24, 2.45) is 5.92 Å². The van der Waals surface area contributed by atoms with Gasteiger partial charge in [0.05, 0.1) is 17.3 Å². The minimum absolute atomic E-state index is 0.108. The number of amides is 1. The molecule has 1 fully saturated rings. The number of aromatic carboxylic acids is 1. The number of carboxylic acids is 1. The monoisotopic (exact) mass is 248 g/mol. The van der Waals surface area contributed by atoms with Crippen LogP contribution in [0.3, 0.4) is 0 Å². The molecule has 5 heteroatoms. The first kappa shape index (κ1) is 12.6. The van der Waals surface area contributed by atoms with Gasteiger partial charge < -0.3 is 15.7 Å². The molecular weight excluding hydrogens is 232 g/mol. The molecule has 0 aliphatic carbocycles. The number of carbonyl (C=O) groups is 2. The van der Waals surface area contributed by atoms with Crippen LogP contribution in [0.5, 0.6) is 0 Å². The van der Waals surface area contributed by atoms with Gasteiger partial charge in [-0.1, -0.05) is 19.1 Å². The predicted molar refractivity (Wildman–Crippen MR) is 67.6 cm³/mol. The molecule has 0 bridgehead atoms. The van der Waals surface area contributed by atoms with E-state index in [1.165, 1.54) is 6.07 Å². The van der Waals surface area contributed by atoms with Crippen LogP contribution in [0.25, 0.3) is 0 Å². The second kappa shape index (κ2) is 5.18. The predicted octanol–water partition coefficient (Wildman–Crippen LogP) is 1.32. The number of anilines is 1. The molecule has 2 rings (SSSR count). The van der Waals surface area contributed by atoms with Crippen LogP contribution in [0.15, 0.2) is 24.3 Å². The maximum absolute atomic E-state index is 12.0. The lowest BCUT2D eigenvalue weighted by Gasteiger charge is -2.16. The van der Waals surface area contributed by atoms with E-state index in [0.29, 0.717) is 5.69 Å². The van der Waals surface area contributed by atoms with Gasteiger partial charge in [-0.2, -0.15) is 0 Å². The van der Waals surface area contributed by atoms with Crippen LogP contribution >= 0.6 is 0 Å². The van der Waals surface area contributed by atoms with Gasteiger partial charge in [-0.3, -0.25) is 4.79 Å². The van der Waals surface area contributed by atoms with Crippen LogP contribution in [-0.2, 0) is 4.79 Å². The number of hydrogen-bond acceptors (Lipinski definition) is 3. The van der Waals surface area contributed by atoms with Gasteiger partial charge >= 0.3 is 5.97 Å². The highest BCUT2D eigenvalue weighted by Crippen LogP contribution is 2.19. The molecule has 2 unspecified atom stereocenters. The van der Waals surface area contributed by atoms with Crippen LogP contribution in [-0.4, -0.2) is 29.6 Å². The van der Waals surface area contributed by atoms with E-state index in [1.807, 2.05) is 6.92 Å². The molecule has 1 aliphatic heterocycles. The van der Waals surface area contributed by atoms with Gasteiger partial charge in [-0.25, -0.2) is 4.79 Å². The third-order valence-electron chi connectivity index (χ3n) is 3.23. The van der Waals surface area contributed by atoms with Gasteiger partial charge in [-0.15, -0.1) is 0 Å². The van der Waals surface area contributed by atoms with Gasteiger partial charge in [0.2, 0.25) is 5.91 Å².